The van der Waals surface area contributed by atoms with Crippen molar-refractivity contribution in [3.63, 3.8) is 0 Å². The molecule has 0 unspecified atom stereocenters. The van der Waals surface area contributed by atoms with Crippen LogP contribution in [0.25, 0.3) is 10.9 Å². The molecule has 1 aromatic carbocycles. The maximum atomic E-state index is 8.78. The van der Waals surface area contributed by atoms with Gasteiger partial charge in [-0.2, -0.15) is 5.26 Å². The zero-order valence-electron chi connectivity index (χ0n) is 11.1. The summed E-state index contributed by atoms with van der Waals surface area (Å²) < 4.78 is 0. The molecule has 0 radical (unpaired) electrons. The molecule has 0 fully saturated rings. The van der Waals surface area contributed by atoms with Gasteiger partial charge in [-0.05, 0) is 55.7 Å². The molecule has 0 bridgehead atoms. The predicted molar refractivity (Wildman–Crippen MR) is 72.0 cm³/mol. The lowest BCUT2D eigenvalue weighted by Gasteiger charge is -2.08. The van der Waals surface area contributed by atoms with E-state index in [4.69, 9.17) is 5.26 Å². The molecule has 2 nitrogen and oxygen atoms in total. The van der Waals surface area contributed by atoms with Crippen molar-refractivity contribution in [2.75, 3.05) is 0 Å². The predicted octanol–water partition coefficient (Wildman–Crippen LogP) is 4.06. The standard InChI is InChI=1S/C13H12N2.C2H6/c1-8-6-13-12(10(3)9(8)2)5-4-11(7-14)15-13;1-2/h4-6H,1-3H3;1-2H3. The first-order valence-corrected chi connectivity index (χ1v) is 5.91. The minimum Gasteiger partial charge on any atom is -0.237 e. The lowest BCUT2D eigenvalue weighted by Crippen LogP contribution is -1.92. The summed E-state index contributed by atoms with van der Waals surface area (Å²) >= 11 is 0. The highest BCUT2D eigenvalue weighted by atomic mass is 14.7. The van der Waals surface area contributed by atoms with Crippen LogP contribution < -0.4 is 0 Å². The number of benzene rings is 1. The van der Waals surface area contributed by atoms with E-state index in [1.54, 1.807) is 6.07 Å². The maximum absolute atomic E-state index is 8.78. The second-order valence-electron chi connectivity index (χ2n) is 3.82. The van der Waals surface area contributed by atoms with E-state index in [0.717, 1.165) is 10.9 Å². The molecule has 0 spiro atoms. The minimum atomic E-state index is 0.477. The van der Waals surface area contributed by atoms with Crippen molar-refractivity contribution in [1.82, 2.24) is 4.98 Å². The van der Waals surface area contributed by atoms with Gasteiger partial charge in [-0.3, -0.25) is 0 Å². The summed E-state index contributed by atoms with van der Waals surface area (Å²) in [6, 6.07) is 7.84. The second kappa shape index (κ2) is 5.45. The van der Waals surface area contributed by atoms with Crippen LogP contribution in [0.3, 0.4) is 0 Å². The molecular formula is C15H18N2. The summed E-state index contributed by atoms with van der Waals surface area (Å²) in [4.78, 5) is 4.30. The van der Waals surface area contributed by atoms with E-state index in [0.29, 0.717) is 5.69 Å². The molecule has 2 rings (SSSR count). The van der Waals surface area contributed by atoms with E-state index in [1.165, 1.54) is 16.7 Å². The Kier molecular flexibility index (Phi) is 4.23. The normalized spacial score (nSPS) is 9.41. The van der Waals surface area contributed by atoms with Gasteiger partial charge in [0.2, 0.25) is 0 Å². The molecule has 0 saturated carbocycles. The van der Waals surface area contributed by atoms with Crippen molar-refractivity contribution in [3.8, 4) is 6.07 Å². The summed E-state index contributed by atoms with van der Waals surface area (Å²) in [6.07, 6.45) is 0. The highest BCUT2D eigenvalue weighted by Crippen LogP contribution is 2.23. The monoisotopic (exact) mass is 226 g/mol. The van der Waals surface area contributed by atoms with Crippen molar-refractivity contribution in [3.05, 3.63) is 40.6 Å². The van der Waals surface area contributed by atoms with E-state index < -0.39 is 0 Å². The summed E-state index contributed by atoms with van der Waals surface area (Å²) in [5.74, 6) is 0. The minimum absolute atomic E-state index is 0.477. The number of nitrogens with zero attached hydrogens (tertiary/aromatic N) is 2. The van der Waals surface area contributed by atoms with Crippen LogP contribution in [-0.2, 0) is 0 Å². The number of hydrogen-bond acceptors (Lipinski definition) is 2. The lowest BCUT2D eigenvalue weighted by atomic mass is 9.99. The molecule has 2 aromatic rings. The van der Waals surface area contributed by atoms with E-state index in [-0.39, 0.29) is 0 Å². The summed E-state index contributed by atoms with van der Waals surface area (Å²) in [7, 11) is 0. The Morgan fingerprint density at radius 3 is 2.29 bits per heavy atom. The van der Waals surface area contributed by atoms with E-state index in [2.05, 4.69) is 31.8 Å². The van der Waals surface area contributed by atoms with Crippen LogP contribution >= 0.6 is 0 Å². The molecule has 0 aliphatic heterocycles. The van der Waals surface area contributed by atoms with Crippen molar-refractivity contribution in [1.29, 1.82) is 5.26 Å². The third-order valence-electron chi connectivity index (χ3n) is 2.95. The quantitative estimate of drug-likeness (QED) is 0.679. The van der Waals surface area contributed by atoms with Crippen LogP contribution in [-0.4, -0.2) is 4.98 Å². The molecule has 0 saturated heterocycles. The average molecular weight is 226 g/mol. The SMILES string of the molecule is CC.Cc1cc2nc(C#N)ccc2c(C)c1C. The molecule has 0 atom stereocenters. The Hall–Kier alpha value is -1.88. The van der Waals surface area contributed by atoms with E-state index in [9.17, 15) is 0 Å². The maximum Gasteiger partial charge on any atom is 0.141 e. The average Bonchev–Trinajstić information content (AvgIpc) is 2.38. The number of aromatic nitrogens is 1. The summed E-state index contributed by atoms with van der Waals surface area (Å²) in [5.41, 5.74) is 5.17. The van der Waals surface area contributed by atoms with Gasteiger partial charge in [0.1, 0.15) is 11.8 Å². The molecule has 88 valence electrons. The molecular weight excluding hydrogens is 208 g/mol. The van der Waals surface area contributed by atoms with Gasteiger partial charge in [0.15, 0.2) is 0 Å². The van der Waals surface area contributed by atoms with E-state index >= 15 is 0 Å². The van der Waals surface area contributed by atoms with Crippen LogP contribution in [0.4, 0.5) is 0 Å². The van der Waals surface area contributed by atoms with Gasteiger partial charge < -0.3 is 0 Å². The van der Waals surface area contributed by atoms with Gasteiger partial charge in [-0.25, -0.2) is 4.98 Å². The Morgan fingerprint density at radius 2 is 1.71 bits per heavy atom. The molecule has 2 heteroatoms. The Balaban J connectivity index is 0.000000686. The van der Waals surface area contributed by atoms with Gasteiger partial charge >= 0.3 is 0 Å². The Labute approximate surface area is 103 Å². The summed E-state index contributed by atoms with van der Waals surface area (Å²) in [5, 5.41) is 9.91. The number of hydrogen-bond donors (Lipinski definition) is 0. The first kappa shape index (κ1) is 13.2. The third-order valence-corrected chi connectivity index (χ3v) is 2.95. The Morgan fingerprint density at radius 1 is 1.06 bits per heavy atom. The highest BCUT2D eigenvalue weighted by molar-refractivity contribution is 5.84. The number of pyridine rings is 1. The zero-order chi connectivity index (χ0) is 13.0. The number of rotatable bonds is 0. The molecule has 1 heterocycles. The zero-order valence-corrected chi connectivity index (χ0v) is 11.1. The Bertz CT molecular complexity index is 577. The van der Waals surface area contributed by atoms with Crippen LogP contribution in [0.15, 0.2) is 18.2 Å². The van der Waals surface area contributed by atoms with Crippen molar-refractivity contribution in [2.45, 2.75) is 34.6 Å². The number of nitriles is 1. The van der Waals surface area contributed by atoms with Crippen LogP contribution in [0.2, 0.25) is 0 Å². The van der Waals surface area contributed by atoms with Gasteiger partial charge in [0.05, 0.1) is 5.52 Å². The van der Waals surface area contributed by atoms with E-state index in [1.807, 2.05) is 26.0 Å². The van der Waals surface area contributed by atoms with Crippen LogP contribution in [0.5, 0.6) is 0 Å². The molecule has 0 aliphatic carbocycles. The van der Waals surface area contributed by atoms with Gasteiger partial charge in [0, 0.05) is 5.39 Å². The first-order chi connectivity index (χ1) is 8.13. The molecule has 0 N–H and O–H groups in total. The smallest absolute Gasteiger partial charge is 0.141 e. The third kappa shape index (κ3) is 2.45. The van der Waals surface area contributed by atoms with Gasteiger partial charge in [-0.1, -0.05) is 13.8 Å². The summed E-state index contributed by atoms with van der Waals surface area (Å²) in [6.45, 7) is 10.3. The lowest BCUT2D eigenvalue weighted by molar-refractivity contribution is 1.26. The molecule has 0 aliphatic rings. The topological polar surface area (TPSA) is 36.7 Å². The van der Waals surface area contributed by atoms with Gasteiger partial charge in [0.25, 0.3) is 0 Å². The van der Waals surface area contributed by atoms with Crippen molar-refractivity contribution >= 4 is 10.9 Å². The molecule has 0 amide bonds. The van der Waals surface area contributed by atoms with Crippen LogP contribution in [0.1, 0.15) is 36.2 Å². The second-order valence-corrected chi connectivity index (χ2v) is 3.82. The fraction of sp³-hybridized carbons (Fsp3) is 0.333. The highest BCUT2D eigenvalue weighted by Gasteiger charge is 2.05. The number of aryl methyl sites for hydroxylation is 2. The van der Waals surface area contributed by atoms with Crippen LogP contribution in [0, 0.1) is 32.1 Å². The van der Waals surface area contributed by atoms with Gasteiger partial charge in [-0.15, -0.1) is 0 Å². The first-order valence-electron chi connectivity index (χ1n) is 5.91. The fourth-order valence-corrected chi connectivity index (χ4v) is 1.78. The van der Waals surface area contributed by atoms with Crippen molar-refractivity contribution in [2.24, 2.45) is 0 Å². The largest absolute Gasteiger partial charge is 0.237 e. The number of fused-ring (bicyclic) bond motifs is 1. The fourth-order valence-electron chi connectivity index (χ4n) is 1.78. The molecule has 17 heavy (non-hydrogen) atoms. The van der Waals surface area contributed by atoms with Crippen molar-refractivity contribution < 1.29 is 0 Å². The molecule has 1 aromatic heterocycles.